The van der Waals surface area contributed by atoms with Crippen LogP contribution in [0.15, 0.2) is 53.4 Å². The van der Waals surface area contributed by atoms with Crippen LogP contribution in [0.3, 0.4) is 0 Å². The topological polar surface area (TPSA) is 124 Å². The van der Waals surface area contributed by atoms with Gasteiger partial charge in [0.1, 0.15) is 4.90 Å². The van der Waals surface area contributed by atoms with Crippen LogP contribution in [0, 0.1) is 10.1 Å². The molecule has 9 nitrogen and oxygen atoms in total. The first-order valence-corrected chi connectivity index (χ1v) is 9.87. The SMILES string of the molecule is CN(C)C(=O)C(OC(=O)c1ccc(S(C)(=O)=O)c([N+](=O)[O-])c1)c1ccccc1. The number of nitro benzene ring substituents is 1. The highest BCUT2D eigenvalue weighted by molar-refractivity contribution is 7.90. The highest BCUT2D eigenvalue weighted by Gasteiger charge is 2.29. The van der Waals surface area contributed by atoms with E-state index in [2.05, 4.69) is 0 Å². The lowest BCUT2D eigenvalue weighted by Gasteiger charge is -2.21. The van der Waals surface area contributed by atoms with Crippen molar-refractivity contribution in [1.29, 1.82) is 0 Å². The quantitative estimate of drug-likeness (QED) is 0.408. The Morgan fingerprint density at radius 3 is 2.21 bits per heavy atom. The number of carbonyl (C=O) groups excluding carboxylic acids is 2. The van der Waals surface area contributed by atoms with Gasteiger partial charge in [0.2, 0.25) is 6.10 Å². The molecule has 1 amide bonds. The number of amides is 1. The first-order chi connectivity index (χ1) is 13.0. The fourth-order valence-electron chi connectivity index (χ4n) is 2.40. The van der Waals surface area contributed by atoms with E-state index in [1.807, 2.05) is 0 Å². The molecule has 0 aliphatic heterocycles. The molecule has 0 heterocycles. The lowest BCUT2D eigenvalue weighted by Crippen LogP contribution is -2.31. The van der Waals surface area contributed by atoms with Gasteiger partial charge in [0, 0.05) is 32.0 Å². The van der Waals surface area contributed by atoms with Gasteiger partial charge in [0.15, 0.2) is 9.84 Å². The van der Waals surface area contributed by atoms with Crippen LogP contribution in [0.4, 0.5) is 5.69 Å². The molecule has 0 aromatic heterocycles. The molecule has 0 bridgehead atoms. The molecule has 0 aliphatic carbocycles. The second kappa shape index (κ2) is 8.17. The third-order valence-corrected chi connectivity index (χ3v) is 4.93. The van der Waals surface area contributed by atoms with E-state index < -0.39 is 43.3 Å². The maximum absolute atomic E-state index is 12.5. The fraction of sp³-hybridized carbons (Fsp3) is 0.222. The largest absolute Gasteiger partial charge is 0.444 e. The van der Waals surface area contributed by atoms with Gasteiger partial charge in [-0.05, 0) is 12.1 Å². The Bertz CT molecular complexity index is 1020. The Morgan fingerprint density at radius 2 is 1.71 bits per heavy atom. The van der Waals surface area contributed by atoms with E-state index in [0.717, 1.165) is 24.5 Å². The Balaban J connectivity index is 2.42. The summed E-state index contributed by atoms with van der Waals surface area (Å²) < 4.78 is 28.7. The number of likely N-dealkylation sites (N-methyl/N-ethyl adjacent to an activating group) is 1. The molecule has 1 unspecified atom stereocenters. The fourth-order valence-corrected chi connectivity index (χ4v) is 3.23. The lowest BCUT2D eigenvalue weighted by molar-refractivity contribution is -0.387. The average molecular weight is 406 g/mol. The van der Waals surface area contributed by atoms with Gasteiger partial charge in [-0.1, -0.05) is 30.3 Å². The van der Waals surface area contributed by atoms with Crippen LogP contribution >= 0.6 is 0 Å². The van der Waals surface area contributed by atoms with Gasteiger partial charge >= 0.3 is 5.97 Å². The summed E-state index contributed by atoms with van der Waals surface area (Å²) in [6.45, 7) is 0. The van der Waals surface area contributed by atoms with E-state index in [1.165, 1.54) is 19.0 Å². The van der Waals surface area contributed by atoms with Crippen LogP contribution in [0.5, 0.6) is 0 Å². The molecule has 0 fully saturated rings. The summed E-state index contributed by atoms with van der Waals surface area (Å²) in [5.41, 5.74) is -0.560. The van der Waals surface area contributed by atoms with E-state index in [0.29, 0.717) is 5.56 Å². The molecule has 2 rings (SSSR count). The smallest absolute Gasteiger partial charge is 0.339 e. The first kappa shape index (κ1) is 21.0. The van der Waals surface area contributed by atoms with E-state index in [-0.39, 0.29) is 5.56 Å². The minimum Gasteiger partial charge on any atom is -0.444 e. The van der Waals surface area contributed by atoms with Gasteiger partial charge < -0.3 is 9.64 Å². The minimum absolute atomic E-state index is 0.244. The second-order valence-corrected chi connectivity index (χ2v) is 8.12. The summed E-state index contributed by atoms with van der Waals surface area (Å²) in [5.74, 6) is -1.49. The Kier molecular flexibility index (Phi) is 6.14. The summed E-state index contributed by atoms with van der Waals surface area (Å²) in [5, 5.41) is 11.2. The number of benzene rings is 2. The Morgan fingerprint density at radius 1 is 1.11 bits per heavy atom. The number of esters is 1. The lowest BCUT2D eigenvalue weighted by atomic mass is 10.1. The normalized spacial score (nSPS) is 12.1. The van der Waals surface area contributed by atoms with Crippen molar-refractivity contribution in [2.75, 3.05) is 20.4 Å². The molecule has 0 saturated heterocycles. The number of carbonyl (C=O) groups is 2. The van der Waals surface area contributed by atoms with Crippen molar-refractivity contribution in [2.45, 2.75) is 11.0 Å². The summed E-state index contributed by atoms with van der Waals surface area (Å²) in [4.78, 5) is 36.0. The highest BCUT2D eigenvalue weighted by Crippen LogP contribution is 2.27. The maximum Gasteiger partial charge on any atom is 0.339 e. The summed E-state index contributed by atoms with van der Waals surface area (Å²) in [6, 6.07) is 11.2. The van der Waals surface area contributed by atoms with Gasteiger partial charge in [0.05, 0.1) is 10.5 Å². The monoisotopic (exact) mass is 406 g/mol. The van der Waals surface area contributed by atoms with Crippen molar-refractivity contribution in [3.8, 4) is 0 Å². The van der Waals surface area contributed by atoms with Crippen LogP contribution in [0.1, 0.15) is 22.0 Å². The van der Waals surface area contributed by atoms with Crippen molar-refractivity contribution in [3.05, 3.63) is 69.8 Å². The van der Waals surface area contributed by atoms with Gasteiger partial charge in [-0.3, -0.25) is 14.9 Å². The predicted octanol–water partition coefficient (Wildman–Crippen LogP) is 1.98. The molecule has 0 spiro atoms. The van der Waals surface area contributed by atoms with Gasteiger partial charge in [0.25, 0.3) is 11.6 Å². The number of hydrogen-bond acceptors (Lipinski definition) is 7. The molecule has 28 heavy (non-hydrogen) atoms. The summed E-state index contributed by atoms with van der Waals surface area (Å²) >= 11 is 0. The number of hydrogen-bond donors (Lipinski definition) is 0. The number of nitro groups is 1. The third kappa shape index (κ3) is 4.71. The van der Waals surface area contributed by atoms with Crippen molar-refractivity contribution in [2.24, 2.45) is 0 Å². The van der Waals surface area contributed by atoms with Crippen molar-refractivity contribution in [1.82, 2.24) is 4.90 Å². The standard InChI is InChI=1S/C18H18N2O7S/c1-19(2)17(21)16(12-7-5-4-6-8-12)27-18(22)13-9-10-15(28(3,25)26)14(11-13)20(23)24/h4-11,16H,1-3H3. The molecular weight excluding hydrogens is 388 g/mol. The average Bonchev–Trinajstić information content (AvgIpc) is 2.64. The number of nitrogens with zero attached hydrogens (tertiary/aromatic N) is 2. The molecule has 0 N–H and O–H groups in total. The molecule has 2 aromatic carbocycles. The van der Waals surface area contributed by atoms with Crippen molar-refractivity contribution >= 4 is 27.4 Å². The van der Waals surface area contributed by atoms with Gasteiger partial charge in [-0.15, -0.1) is 0 Å². The molecule has 0 radical (unpaired) electrons. The van der Waals surface area contributed by atoms with Crippen LogP contribution in [-0.4, -0.2) is 50.5 Å². The van der Waals surface area contributed by atoms with Crippen molar-refractivity contribution in [3.63, 3.8) is 0 Å². The Labute approximate surface area is 161 Å². The van der Waals surface area contributed by atoms with E-state index in [9.17, 15) is 28.1 Å². The Hall–Kier alpha value is -3.27. The molecule has 1 atom stereocenters. The van der Waals surface area contributed by atoms with E-state index in [1.54, 1.807) is 30.3 Å². The molecule has 0 saturated carbocycles. The zero-order chi connectivity index (χ0) is 21.1. The first-order valence-electron chi connectivity index (χ1n) is 7.98. The minimum atomic E-state index is -3.87. The maximum atomic E-state index is 12.5. The van der Waals surface area contributed by atoms with Crippen molar-refractivity contribution < 1.29 is 27.7 Å². The molecule has 2 aromatic rings. The molecule has 10 heteroatoms. The predicted molar refractivity (Wildman–Crippen MR) is 99.5 cm³/mol. The molecule has 0 aliphatic rings. The molecular formula is C18H18N2O7S. The summed E-state index contributed by atoms with van der Waals surface area (Å²) in [6.07, 6.45) is -0.425. The van der Waals surface area contributed by atoms with Crippen LogP contribution < -0.4 is 0 Å². The number of ether oxygens (including phenoxy) is 1. The zero-order valence-electron chi connectivity index (χ0n) is 15.4. The van der Waals surface area contributed by atoms with E-state index in [4.69, 9.17) is 4.74 Å². The van der Waals surface area contributed by atoms with Crippen LogP contribution in [0.2, 0.25) is 0 Å². The molecule has 148 valence electrons. The van der Waals surface area contributed by atoms with Crippen LogP contribution in [0.25, 0.3) is 0 Å². The number of rotatable bonds is 6. The zero-order valence-corrected chi connectivity index (χ0v) is 16.2. The number of sulfone groups is 1. The second-order valence-electron chi connectivity index (χ2n) is 6.14. The summed E-state index contributed by atoms with van der Waals surface area (Å²) in [7, 11) is -0.870. The van der Waals surface area contributed by atoms with Crippen LogP contribution in [-0.2, 0) is 19.4 Å². The third-order valence-electron chi connectivity index (χ3n) is 3.78. The highest BCUT2D eigenvalue weighted by atomic mass is 32.2. The van der Waals surface area contributed by atoms with Gasteiger partial charge in [-0.2, -0.15) is 0 Å². The van der Waals surface area contributed by atoms with Gasteiger partial charge in [-0.25, -0.2) is 13.2 Å². The van der Waals surface area contributed by atoms with E-state index >= 15 is 0 Å².